The van der Waals surface area contributed by atoms with E-state index >= 15 is 0 Å². The molecular formula is C19H26N4O2. The number of ether oxygens (including phenoxy) is 1. The van der Waals surface area contributed by atoms with Crippen LogP contribution in [-0.2, 0) is 6.42 Å². The van der Waals surface area contributed by atoms with Crippen molar-refractivity contribution in [2.45, 2.75) is 32.2 Å². The molecule has 1 fully saturated rings. The van der Waals surface area contributed by atoms with Gasteiger partial charge in [-0.05, 0) is 43.9 Å². The monoisotopic (exact) mass is 342 g/mol. The van der Waals surface area contributed by atoms with Gasteiger partial charge < -0.3 is 20.1 Å². The number of aryl methyl sites for hydroxylation is 1. The van der Waals surface area contributed by atoms with Gasteiger partial charge in [0.25, 0.3) is 0 Å². The zero-order valence-corrected chi connectivity index (χ0v) is 14.9. The summed E-state index contributed by atoms with van der Waals surface area (Å²) in [4.78, 5) is 11.3. The molecule has 2 aromatic rings. The Morgan fingerprint density at radius 2 is 2.08 bits per heavy atom. The molecule has 2 heterocycles. The Morgan fingerprint density at radius 1 is 1.28 bits per heavy atom. The molecule has 6 nitrogen and oxygen atoms in total. The normalized spacial score (nSPS) is 16.9. The second-order valence-corrected chi connectivity index (χ2v) is 6.39. The van der Waals surface area contributed by atoms with Crippen LogP contribution in [0.25, 0.3) is 0 Å². The van der Waals surface area contributed by atoms with Gasteiger partial charge in [-0.1, -0.05) is 12.1 Å². The molecule has 3 rings (SSSR count). The molecule has 1 aromatic heterocycles. The van der Waals surface area contributed by atoms with Crippen molar-refractivity contribution in [3.05, 3.63) is 41.6 Å². The molecule has 1 aliphatic rings. The highest BCUT2D eigenvalue weighted by atomic mass is 16.5. The van der Waals surface area contributed by atoms with E-state index in [1.165, 1.54) is 5.56 Å². The van der Waals surface area contributed by atoms with E-state index in [4.69, 9.17) is 4.74 Å². The molecule has 1 aliphatic heterocycles. The number of hydrogen-bond donors (Lipinski definition) is 2. The van der Waals surface area contributed by atoms with Crippen LogP contribution in [0.3, 0.4) is 0 Å². The number of aromatic nitrogens is 2. The largest absolute Gasteiger partial charge is 0.497 e. The van der Waals surface area contributed by atoms with E-state index < -0.39 is 0 Å². The number of nitrogens with zero attached hydrogens (tertiary/aromatic N) is 3. The zero-order chi connectivity index (χ0) is 17.6. The van der Waals surface area contributed by atoms with Crippen molar-refractivity contribution in [2.75, 3.05) is 37.0 Å². The number of anilines is 2. The van der Waals surface area contributed by atoms with Crippen molar-refractivity contribution in [3.63, 3.8) is 0 Å². The molecule has 0 amide bonds. The van der Waals surface area contributed by atoms with Crippen LogP contribution in [0.1, 0.15) is 24.1 Å². The third kappa shape index (κ3) is 4.39. The maximum absolute atomic E-state index is 9.52. The van der Waals surface area contributed by atoms with Crippen LogP contribution in [0.15, 0.2) is 30.3 Å². The lowest BCUT2D eigenvalue weighted by atomic mass is 10.1. The maximum atomic E-state index is 9.52. The number of methoxy groups -OCH3 is 1. The minimum Gasteiger partial charge on any atom is -0.497 e. The molecule has 25 heavy (non-hydrogen) atoms. The van der Waals surface area contributed by atoms with Crippen LogP contribution in [0, 0.1) is 6.92 Å². The lowest BCUT2D eigenvalue weighted by Gasteiger charge is -2.23. The van der Waals surface area contributed by atoms with Gasteiger partial charge in [-0.2, -0.15) is 4.98 Å². The van der Waals surface area contributed by atoms with Gasteiger partial charge in [0, 0.05) is 24.8 Å². The Morgan fingerprint density at radius 3 is 2.80 bits per heavy atom. The molecule has 0 saturated carbocycles. The standard InChI is InChI=1S/C19H26N4O2/c1-14-12-18(20-10-9-15-5-7-17(25-2)8-6-15)22-19(21-14)23-11-3-4-16(23)13-24/h5-8,12,16,24H,3-4,9-11,13H2,1-2H3,(H,20,21,22). The summed E-state index contributed by atoms with van der Waals surface area (Å²) in [5, 5.41) is 12.9. The molecular weight excluding hydrogens is 316 g/mol. The van der Waals surface area contributed by atoms with Crippen molar-refractivity contribution in [3.8, 4) is 5.75 Å². The molecule has 1 unspecified atom stereocenters. The highest BCUT2D eigenvalue weighted by Gasteiger charge is 2.26. The summed E-state index contributed by atoms with van der Waals surface area (Å²) in [5.74, 6) is 2.42. The topological polar surface area (TPSA) is 70.5 Å². The first kappa shape index (κ1) is 17.5. The zero-order valence-electron chi connectivity index (χ0n) is 14.9. The van der Waals surface area contributed by atoms with Gasteiger partial charge in [-0.25, -0.2) is 4.98 Å². The highest BCUT2D eigenvalue weighted by molar-refractivity contribution is 5.45. The summed E-state index contributed by atoms with van der Waals surface area (Å²) in [6, 6.07) is 10.2. The van der Waals surface area contributed by atoms with E-state index in [-0.39, 0.29) is 12.6 Å². The Hall–Kier alpha value is -2.34. The number of aliphatic hydroxyl groups is 1. The first-order valence-electron chi connectivity index (χ1n) is 8.79. The summed E-state index contributed by atoms with van der Waals surface area (Å²) >= 11 is 0. The number of hydrogen-bond acceptors (Lipinski definition) is 6. The molecule has 2 N–H and O–H groups in total. The van der Waals surface area contributed by atoms with Crippen LogP contribution in [0.4, 0.5) is 11.8 Å². The third-order valence-electron chi connectivity index (χ3n) is 4.57. The second-order valence-electron chi connectivity index (χ2n) is 6.39. The van der Waals surface area contributed by atoms with Crippen molar-refractivity contribution >= 4 is 11.8 Å². The van der Waals surface area contributed by atoms with E-state index in [9.17, 15) is 5.11 Å². The van der Waals surface area contributed by atoms with Gasteiger partial charge >= 0.3 is 0 Å². The van der Waals surface area contributed by atoms with Crippen LogP contribution < -0.4 is 15.0 Å². The summed E-state index contributed by atoms with van der Waals surface area (Å²) in [6.45, 7) is 3.83. The van der Waals surface area contributed by atoms with E-state index in [0.717, 1.165) is 49.6 Å². The minimum atomic E-state index is 0.133. The predicted octanol–water partition coefficient (Wildman–Crippen LogP) is 2.41. The summed E-state index contributed by atoms with van der Waals surface area (Å²) in [6.07, 6.45) is 2.97. The SMILES string of the molecule is COc1ccc(CCNc2cc(C)nc(N3CCCC3CO)n2)cc1. The first-order valence-corrected chi connectivity index (χ1v) is 8.79. The number of rotatable bonds is 7. The van der Waals surface area contributed by atoms with Gasteiger partial charge in [0.15, 0.2) is 0 Å². The van der Waals surface area contributed by atoms with Crippen LogP contribution in [0.2, 0.25) is 0 Å². The molecule has 134 valence electrons. The molecule has 0 bridgehead atoms. The van der Waals surface area contributed by atoms with E-state index in [0.29, 0.717) is 5.95 Å². The molecule has 1 atom stereocenters. The Labute approximate surface area is 148 Å². The second kappa shape index (κ2) is 8.16. The Bertz CT molecular complexity index is 690. The molecule has 0 spiro atoms. The van der Waals surface area contributed by atoms with Crippen LogP contribution >= 0.6 is 0 Å². The van der Waals surface area contributed by atoms with Crippen molar-refractivity contribution in [2.24, 2.45) is 0 Å². The van der Waals surface area contributed by atoms with Crippen molar-refractivity contribution < 1.29 is 9.84 Å². The molecule has 1 saturated heterocycles. The van der Waals surface area contributed by atoms with Crippen LogP contribution in [-0.4, -0.2) is 47.9 Å². The lowest BCUT2D eigenvalue weighted by molar-refractivity contribution is 0.265. The lowest BCUT2D eigenvalue weighted by Crippen LogP contribution is -2.33. The molecule has 0 radical (unpaired) electrons. The molecule has 1 aromatic carbocycles. The molecule has 6 heteroatoms. The molecule has 0 aliphatic carbocycles. The van der Waals surface area contributed by atoms with E-state index in [1.807, 2.05) is 25.1 Å². The van der Waals surface area contributed by atoms with E-state index in [2.05, 4.69) is 32.3 Å². The Kier molecular flexibility index (Phi) is 5.71. The maximum Gasteiger partial charge on any atom is 0.227 e. The van der Waals surface area contributed by atoms with Gasteiger partial charge in [0.1, 0.15) is 11.6 Å². The minimum absolute atomic E-state index is 0.133. The number of nitrogens with one attached hydrogen (secondary N) is 1. The summed E-state index contributed by atoms with van der Waals surface area (Å²) in [5.41, 5.74) is 2.18. The van der Waals surface area contributed by atoms with Gasteiger partial charge in [-0.3, -0.25) is 0 Å². The fourth-order valence-electron chi connectivity index (χ4n) is 3.19. The van der Waals surface area contributed by atoms with E-state index in [1.54, 1.807) is 7.11 Å². The average molecular weight is 342 g/mol. The average Bonchev–Trinajstić information content (AvgIpc) is 3.11. The smallest absolute Gasteiger partial charge is 0.227 e. The summed E-state index contributed by atoms with van der Waals surface area (Å²) < 4.78 is 5.18. The van der Waals surface area contributed by atoms with Gasteiger partial charge in [0.05, 0.1) is 19.8 Å². The van der Waals surface area contributed by atoms with Gasteiger partial charge in [-0.15, -0.1) is 0 Å². The van der Waals surface area contributed by atoms with Crippen molar-refractivity contribution in [1.29, 1.82) is 0 Å². The fourth-order valence-corrected chi connectivity index (χ4v) is 3.19. The predicted molar refractivity (Wildman–Crippen MR) is 99.4 cm³/mol. The highest BCUT2D eigenvalue weighted by Crippen LogP contribution is 2.23. The van der Waals surface area contributed by atoms with Gasteiger partial charge in [0.2, 0.25) is 5.95 Å². The third-order valence-corrected chi connectivity index (χ3v) is 4.57. The number of benzene rings is 1. The van der Waals surface area contributed by atoms with Crippen molar-refractivity contribution in [1.82, 2.24) is 9.97 Å². The quantitative estimate of drug-likeness (QED) is 0.805. The summed E-state index contributed by atoms with van der Waals surface area (Å²) in [7, 11) is 1.67. The Balaban J connectivity index is 1.62. The number of aliphatic hydroxyl groups excluding tert-OH is 1. The first-order chi connectivity index (χ1) is 12.2. The fraction of sp³-hybridized carbons (Fsp3) is 0.474. The van der Waals surface area contributed by atoms with Crippen LogP contribution in [0.5, 0.6) is 5.75 Å².